The minimum absolute atomic E-state index is 0.0835. The number of hydrogen-bond donors (Lipinski definition) is 0. The maximum Gasteiger partial charge on any atom is 0.251 e. The van der Waals surface area contributed by atoms with Crippen LogP contribution in [0.1, 0.15) is 18.5 Å². The van der Waals surface area contributed by atoms with E-state index >= 15 is 0 Å². The minimum Gasteiger partial charge on any atom is -0.471 e. The Bertz CT molecular complexity index is 896. The third-order valence-corrected chi connectivity index (χ3v) is 5.97. The fourth-order valence-electron chi connectivity index (χ4n) is 2.62. The Kier molecular flexibility index (Phi) is 5.18. The third-order valence-electron chi connectivity index (χ3n) is 3.84. The van der Waals surface area contributed by atoms with Crippen molar-refractivity contribution in [2.75, 3.05) is 13.1 Å². The van der Waals surface area contributed by atoms with E-state index in [1.165, 1.54) is 28.8 Å². The van der Waals surface area contributed by atoms with Crippen molar-refractivity contribution in [2.24, 2.45) is 0 Å². The van der Waals surface area contributed by atoms with Gasteiger partial charge in [0.15, 0.2) is 0 Å². The topological polar surface area (TPSA) is 96.2 Å². The summed E-state index contributed by atoms with van der Waals surface area (Å²) in [6, 6.07) is 7.98. The summed E-state index contributed by atoms with van der Waals surface area (Å²) in [6.07, 6.45) is 3.78. The third kappa shape index (κ3) is 3.90. The SMILES string of the molecule is N#Cc1nccnc1OC1CCCN(S(=O)(=O)c2ccc(Cl)cc2)C1. The number of hydrogen-bond acceptors (Lipinski definition) is 6. The zero-order valence-electron chi connectivity index (χ0n) is 13.2. The highest BCUT2D eigenvalue weighted by Gasteiger charge is 2.31. The van der Waals surface area contributed by atoms with Crippen molar-refractivity contribution in [3.8, 4) is 11.9 Å². The van der Waals surface area contributed by atoms with Crippen LogP contribution in [0.5, 0.6) is 5.88 Å². The van der Waals surface area contributed by atoms with Crippen LogP contribution in [0.4, 0.5) is 0 Å². The van der Waals surface area contributed by atoms with E-state index in [1.54, 1.807) is 12.1 Å². The largest absolute Gasteiger partial charge is 0.471 e. The fraction of sp³-hybridized carbons (Fsp3) is 0.312. The Morgan fingerprint density at radius 2 is 1.96 bits per heavy atom. The van der Waals surface area contributed by atoms with Crippen LogP contribution < -0.4 is 4.74 Å². The molecule has 1 aliphatic heterocycles. The number of aromatic nitrogens is 2. The summed E-state index contributed by atoms with van der Waals surface area (Å²) in [5.74, 6) is 0.126. The van der Waals surface area contributed by atoms with Gasteiger partial charge in [0.1, 0.15) is 12.2 Å². The van der Waals surface area contributed by atoms with Gasteiger partial charge in [0.25, 0.3) is 5.88 Å². The molecule has 7 nitrogen and oxygen atoms in total. The first-order valence-corrected chi connectivity index (χ1v) is 9.46. The lowest BCUT2D eigenvalue weighted by Gasteiger charge is -2.31. The molecule has 0 aliphatic carbocycles. The molecule has 1 atom stereocenters. The van der Waals surface area contributed by atoms with E-state index in [4.69, 9.17) is 21.6 Å². The minimum atomic E-state index is -3.63. The van der Waals surface area contributed by atoms with Gasteiger partial charge in [-0.2, -0.15) is 9.57 Å². The molecule has 0 radical (unpaired) electrons. The molecule has 1 aromatic heterocycles. The number of benzene rings is 1. The van der Waals surface area contributed by atoms with Gasteiger partial charge in [-0.3, -0.25) is 0 Å². The first-order chi connectivity index (χ1) is 12.0. The molecular weight excluding hydrogens is 364 g/mol. The Labute approximate surface area is 150 Å². The number of nitriles is 1. The second-order valence-corrected chi connectivity index (χ2v) is 7.90. The smallest absolute Gasteiger partial charge is 0.251 e. The first-order valence-electron chi connectivity index (χ1n) is 7.64. The molecule has 1 aliphatic rings. The highest BCUT2D eigenvalue weighted by atomic mass is 35.5. The van der Waals surface area contributed by atoms with E-state index in [9.17, 15) is 8.42 Å². The molecule has 1 saturated heterocycles. The van der Waals surface area contributed by atoms with Gasteiger partial charge in [0.2, 0.25) is 15.7 Å². The molecule has 1 unspecified atom stereocenters. The molecule has 1 fully saturated rings. The predicted octanol–water partition coefficient (Wildman–Crippen LogP) is 2.23. The first kappa shape index (κ1) is 17.6. The van der Waals surface area contributed by atoms with Crippen molar-refractivity contribution in [3.63, 3.8) is 0 Å². The lowest BCUT2D eigenvalue weighted by Crippen LogP contribution is -2.44. The number of sulfonamides is 1. The average molecular weight is 379 g/mol. The fourth-order valence-corrected chi connectivity index (χ4v) is 4.26. The molecule has 130 valence electrons. The Morgan fingerprint density at radius 1 is 1.24 bits per heavy atom. The number of halogens is 1. The molecule has 9 heteroatoms. The molecule has 0 N–H and O–H groups in total. The van der Waals surface area contributed by atoms with Crippen molar-refractivity contribution in [1.82, 2.24) is 14.3 Å². The summed E-state index contributed by atoms with van der Waals surface area (Å²) in [5.41, 5.74) is 0.0835. The Morgan fingerprint density at radius 3 is 2.68 bits per heavy atom. The summed E-state index contributed by atoms with van der Waals surface area (Å²) in [5, 5.41) is 9.53. The average Bonchev–Trinajstić information content (AvgIpc) is 2.63. The van der Waals surface area contributed by atoms with Crippen LogP contribution in [0, 0.1) is 11.3 Å². The van der Waals surface area contributed by atoms with Crippen molar-refractivity contribution < 1.29 is 13.2 Å². The van der Waals surface area contributed by atoms with Crippen LogP contribution >= 0.6 is 11.6 Å². The number of nitrogens with zero attached hydrogens (tertiary/aromatic N) is 4. The Hall–Kier alpha value is -2.21. The molecule has 0 saturated carbocycles. The van der Waals surface area contributed by atoms with E-state index in [0.717, 1.165) is 0 Å². The van der Waals surface area contributed by atoms with Crippen molar-refractivity contribution >= 4 is 21.6 Å². The predicted molar refractivity (Wildman–Crippen MR) is 90.6 cm³/mol. The van der Waals surface area contributed by atoms with E-state index < -0.39 is 10.0 Å². The molecule has 3 rings (SSSR count). The van der Waals surface area contributed by atoms with Gasteiger partial charge >= 0.3 is 0 Å². The quantitative estimate of drug-likeness (QED) is 0.809. The molecule has 0 spiro atoms. The van der Waals surface area contributed by atoms with E-state index in [1.807, 2.05) is 6.07 Å². The van der Waals surface area contributed by atoms with Crippen LogP contribution in [0.3, 0.4) is 0 Å². The van der Waals surface area contributed by atoms with Crippen molar-refractivity contribution in [2.45, 2.75) is 23.8 Å². The van der Waals surface area contributed by atoms with E-state index in [0.29, 0.717) is 24.4 Å². The Balaban J connectivity index is 1.77. The van der Waals surface area contributed by atoms with E-state index in [-0.39, 0.29) is 29.1 Å². The molecule has 0 bridgehead atoms. The molecule has 1 aromatic carbocycles. The van der Waals surface area contributed by atoms with Gasteiger partial charge in [-0.25, -0.2) is 18.4 Å². The number of piperidine rings is 1. The second-order valence-electron chi connectivity index (χ2n) is 5.52. The van der Waals surface area contributed by atoms with Gasteiger partial charge in [0.05, 0.1) is 11.4 Å². The molecule has 25 heavy (non-hydrogen) atoms. The zero-order chi connectivity index (χ0) is 17.9. The van der Waals surface area contributed by atoms with Crippen molar-refractivity contribution in [3.05, 3.63) is 47.4 Å². The van der Waals surface area contributed by atoms with Gasteiger partial charge in [-0.05, 0) is 37.1 Å². The summed E-state index contributed by atoms with van der Waals surface area (Å²) in [7, 11) is -3.63. The van der Waals surface area contributed by atoms with E-state index in [2.05, 4.69) is 9.97 Å². The van der Waals surface area contributed by atoms with Crippen LogP contribution in [0.2, 0.25) is 5.02 Å². The van der Waals surface area contributed by atoms with Crippen molar-refractivity contribution in [1.29, 1.82) is 5.26 Å². The van der Waals surface area contributed by atoms with Gasteiger partial charge < -0.3 is 4.74 Å². The van der Waals surface area contributed by atoms with Gasteiger partial charge in [0, 0.05) is 24.0 Å². The summed E-state index contributed by atoms with van der Waals surface area (Å²) in [4.78, 5) is 8.09. The second kappa shape index (κ2) is 7.35. The lowest BCUT2D eigenvalue weighted by atomic mass is 10.1. The van der Waals surface area contributed by atoms with Gasteiger partial charge in [-0.15, -0.1) is 0 Å². The van der Waals surface area contributed by atoms with Crippen LogP contribution in [-0.2, 0) is 10.0 Å². The summed E-state index contributed by atoms with van der Waals surface area (Å²) >= 11 is 5.82. The monoisotopic (exact) mass is 378 g/mol. The molecule has 2 aromatic rings. The highest BCUT2D eigenvalue weighted by Crippen LogP contribution is 2.24. The lowest BCUT2D eigenvalue weighted by molar-refractivity contribution is 0.124. The molecule has 2 heterocycles. The molecule has 0 amide bonds. The number of ether oxygens (including phenoxy) is 1. The highest BCUT2D eigenvalue weighted by molar-refractivity contribution is 7.89. The maximum absolute atomic E-state index is 12.8. The van der Waals surface area contributed by atoms with Gasteiger partial charge in [-0.1, -0.05) is 11.6 Å². The summed E-state index contributed by atoms with van der Waals surface area (Å²) < 4.78 is 32.6. The van der Waals surface area contributed by atoms with Crippen LogP contribution in [-0.4, -0.2) is 41.9 Å². The molecular formula is C16H15ClN4O3S. The summed E-state index contributed by atoms with van der Waals surface area (Å²) in [6.45, 7) is 0.600. The number of rotatable bonds is 4. The maximum atomic E-state index is 12.8. The zero-order valence-corrected chi connectivity index (χ0v) is 14.7. The normalized spacial score (nSPS) is 18.5. The van der Waals surface area contributed by atoms with Crippen LogP contribution in [0.15, 0.2) is 41.6 Å². The van der Waals surface area contributed by atoms with Crippen LogP contribution in [0.25, 0.3) is 0 Å². The standard InChI is InChI=1S/C16H15ClN4O3S/c17-12-3-5-14(6-4-12)25(22,23)21-9-1-2-13(11-21)24-16-15(10-18)19-7-8-20-16/h3-8,13H,1-2,9,11H2.